The van der Waals surface area contributed by atoms with E-state index in [0.29, 0.717) is 37.0 Å². The number of anilines is 1. The van der Waals surface area contributed by atoms with Crippen molar-refractivity contribution < 1.29 is 12.8 Å². The van der Waals surface area contributed by atoms with Gasteiger partial charge in [0.05, 0.1) is 17.3 Å². The first kappa shape index (κ1) is 16.3. The van der Waals surface area contributed by atoms with E-state index >= 15 is 0 Å². The number of thiophene rings is 1. The summed E-state index contributed by atoms with van der Waals surface area (Å²) in [5, 5.41) is 0. The SMILES string of the molecule is Cc1cc(S(=O)(=O)N2CCN(c3ncc(F)cn3)CC2)c(C)s1. The molecule has 1 saturated heterocycles. The quantitative estimate of drug-likeness (QED) is 0.839. The van der Waals surface area contributed by atoms with Gasteiger partial charge in [0.2, 0.25) is 16.0 Å². The Morgan fingerprint density at radius 3 is 2.26 bits per heavy atom. The van der Waals surface area contributed by atoms with Crippen molar-refractivity contribution in [1.82, 2.24) is 14.3 Å². The lowest BCUT2D eigenvalue weighted by molar-refractivity contribution is 0.382. The van der Waals surface area contributed by atoms with Crippen molar-refractivity contribution in [1.29, 1.82) is 0 Å². The van der Waals surface area contributed by atoms with Gasteiger partial charge in [-0.25, -0.2) is 22.8 Å². The standard InChI is InChI=1S/C14H17FN4O2S2/c1-10-7-13(11(2)22-10)23(20,21)19-5-3-18(4-6-19)14-16-8-12(15)9-17-14/h7-9H,3-6H2,1-2H3. The summed E-state index contributed by atoms with van der Waals surface area (Å²) in [5.74, 6) is -0.0655. The fourth-order valence-corrected chi connectivity index (χ4v) is 5.55. The van der Waals surface area contributed by atoms with Gasteiger partial charge in [0, 0.05) is 35.9 Å². The van der Waals surface area contributed by atoms with E-state index in [2.05, 4.69) is 9.97 Å². The van der Waals surface area contributed by atoms with Crippen LogP contribution in [-0.4, -0.2) is 48.9 Å². The number of aromatic nitrogens is 2. The monoisotopic (exact) mass is 356 g/mol. The fourth-order valence-electron chi connectivity index (χ4n) is 2.60. The third-order valence-electron chi connectivity index (χ3n) is 3.74. The second-order valence-electron chi connectivity index (χ2n) is 5.37. The molecule has 0 N–H and O–H groups in total. The molecule has 0 saturated carbocycles. The summed E-state index contributed by atoms with van der Waals surface area (Å²) in [7, 11) is -3.47. The van der Waals surface area contributed by atoms with Crippen LogP contribution in [0.5, 0.6) is 0 Å². The van der Waals surface area contributed by atoms with Crippen molar-refractivity contribution in [2.24, 2.45) is 0 Å². The maximum atomic E-state index is 12.9. The summed E-state index contributed by atoms with van der Waals surface area (Å²) in [6.07, 6.45) is 2.23. The second kappa shape index (κ2) is 6.14. The van der Waals surface area contributed by atoms with Gasteiger partial charge in [-0.2, -0.15) is 4.31 Å². The molecule has 0 bridgehead atoms. The molecule has 23 heavy (non-hydrogen) atoms. The first-order valence-corrected chi connectivity index (χ1v) is 9.43. The molecule has 9 heteroatoms. The largest absolute Gasteiger partial charge is 0.338 e. The Kier molecular flexibility index (Phi) is 4.35. The molecule has 1 aliphatic rings. The van der Waals surface area contributed by atoms with Crippen LogP contribution >= 0.6 is 11.3 Å². The highest BCUT2D eigenvalue weighted by Crippen LogP contribution is 2.28. The number of halogens is 1. The van der Waals surface area contributed by atoms with Crippen molar-refractivity contribution in [3.8, 4) is 0 Å². The van der Waals surface area contributed by atoms with Gasteiger partial charge < -0.3 is 4.90 Å². The Morgan fingerprint density at radius 1 is 1.13 bits per heavy atom. The molecule has 6 nitrogen and oxygen atoms in total. The summed E-state index contributed by atoms with van der Waals surface area (Å²) >= 11 is 1.49. The van der Waals surface area contributed by atoms with Crippen LogP contribution in [0.15, 0.2) is 23.4 Å². The van der Waals surface area contributed by atoms with Crippen LogP contribution in [0, 0.1) is 19.7 Å². The zero-order valence-corrected chi connectivity index (χ0v) is 14.5. The average molecular weight is 356 g/mol. The molecule has 2 aromatic heterocycles. The lowest BCUT2D eigenvalue weighted by atomic mass is 10.4. The van der Waals surface area contributed by atoms with Crippen molar-refractivity contribution in [3.05, 3.63) is 34.0 Å². The smallest absolute Gasteiger partial charge is 0.244 e. The van der Waals surface area contributed by atoms with E-state index in [9.17, 15) is 12.8 Å². The van der Waals surface area contributed by atoms with Crippen molar-refractivity contribution in [2.45, 2.75) is 18.7 Å². The molecule has 0 radical (unpaired) electrons. The minimum absolute atomic E-state index is 0.359. The molecular weight excluding hydrogens is 339 g/mol. The van der Waals surface area contributed by atoms with Crippen LogP contribution < -0.4 is 4.90 Å². The molecule has 0 atom stereocenters. The molecule has 0 unspecified atom stereocenters. The van der Waals surface area contributed by atoms with E-state index in [1.807, 2.05) is 18.7 Å². The molecule has 0 amide bonds. The van der Waals surface area contributed by atoms with Crippen molar-refractivity contribution in [2.75, 3.05) is 31.1 Å². The predicted molar refractivity (Wildman–Crippen MR) is 86.8 cm³/mol. The highest BCUT2D eigenvalue weighted by atomic mass is 32.2. The Labute approximate surface area is 138 Å². The number of nitrogens with zero attached hydrogens (tertiary/aromatic N) is 4. The van der Waals surface area contributed by atoms with Crippen LogP contribution in [0.2, 0.25) is 0 Å². The zero-order chi connectivity index (χ0) is 16.6. The molecule has 124 valence electrons. The topological polar surface area (TPSA) is 66.4 Å². The molecule has 3 rings (SSSR count). The molecule has 0 spiro atoms. The van der Waals surface area contributed by atoms with Crippen LogP contribution in [0.3, 0.4) is 0 Å². The summed E-state index contributed by atoms with van der Waals surface area (Å²) in [6, 6.07) is 1.73. The summed E-state index contributed by atoms with van der Waals surface area (Å²) in [5.41, 5.74) is 0. The predicted octanol–water partition coefficient (Wildman–Crippen LogP) is 1.80. The molecule has 1 aliphatic heterocycles. The lowest BCUT2D eigenvalue weighted by Gasteiger charge is -2.33. The summed E-state index contributed by atoms with van der Waals surface area (Å²) in [6.45, 7) is 5.41. The third-order valence-corrected chi connectivity index (χ3v) is 6.86. The number of rotatable bonds is 3. The van der Waals surface area contributed by atoms with E-state index in [-0.39, 0.29) is 0 Å². The number of hydrogen-bond acceptors (Lipinski definition) is 6. The van der Waals surface area contributed by atoms with E-state index in [1.165, 1.54) is 15.6 Å². The number of aryl methyl sites for hydroxylation is 2. The van der Waals surface area contributed by atoms with Gasteiger partial charge in [-0.05, 0) is 19.9 Å². The van der Waals surface area contributed by atoms with Gasteiger partial charge in [-0.1, -0.05) is 0 Å². The molecule has 0 aliphatic carbocycles. The highest BCUT2D eigenvalue weighted by Gasteiger charge is 2.31. The van der Waals surface area contributed by atoms with Crippen LogP contribution in [-0.2, 0) is 10.0 Å². The van der Waals surface area contributed by atoms with Crippen LogP contribution in [0.4, 0.5) is 10.3 Å². The number of piperazine rings is 1. The minimum Gasteiger partial charge on any atom is -0.338 e. The van der Waals surface area contributed by atoms with Gasteiger partial charge >= 0.3 is 0 Å². The fraction of sp³-hybridized carbons (Fsp3) is 0.429. The Hall–Kier alpha value is -1.58. The maximum absolute atomic E-state index is 12.9. The maximum Gasteiger partial charge on any atom is 0.244 e. The molecule has 2 aromatic rings. The molecular formula is C14H17FN4O2S2. The summed E-state index contributed by atoms with van der Waals surface area (Å²) in [4.78, 5) is 11.9. The first-order chi connectivity index (χ1) is 10.9. The zero-order valence-electron chi connectivity index (χ0n) is 12.9. The minimum atomic E-state index is -3.47. The van der Waals surface area contributed by atoms with Crippen LogP contribution in [0.1, 0.15) is 9.75 Å². The van der Waals surface area contributed by atoms with Gasteiger partial charge in [0.15, 0.2) is 5.82 Å². The third kappa shape index (κ3) is 3.22. The van der Waals surface area contributed by atoms with E-state index in [4.69, 9.17) is 0 Å². The Bertz CT molecular complexity index is 797. The van der Waals surface area contributed by atoms with Gasteiger partial charge in [-0.3, -0.25) is 0 Å². The lowest BCUT2D eigenvalue weighted by Crippen LogP contribution is -2.49. The highest BCUT2D eigenvalue weighted by molar-refractivity contribution is 7.89. The van der Waals surface area contributed by atoms with Gasteiger partial charge in [-0.15, -0.1) is 11.3 Å². The Balaban J connectivity index is 1.73. The average Bonchev–Trinajstić information content (AvgIpc) is 2.87. The van der Waals surface area contributed by atoms with Crippen molar-refractivity contribution in [3.63, 3.8) is 0 Å². The molecule has 1 fully saturated rings. The van der Waals surface area contributed by atoms with Gasteiger partial charge in [0.25, 0.3) is 0 Å². The van der Waals surface area contributed by atoms with E-state index < -0.39 is 15.8 Å². The van der Waals surface area contributed by atoms with Gasteiger partial charge in [0.1, 0.15) is 0 Å². The molecule has 3 heterocycles. The normalized spacial score (nSPS) is 16.7. The number of hydrogen-bond donors (Lipinski definition) is 0. The second-order valence-corrected chi connectivity index (χ2v) is 8.74. The molecule has 0 aromatic carbocycles. The van der Waals surface area contributed by atoms with E-state index in [1.54, 1.807) is 6.07 Å². The number of sulfonamides is 1. The van der Waals surface area contributed by atoms with Crippen LogP contribution in [0.25, 0.3) is 0 Å². The van der Waals surface area contributed by atoms with E-state index in [0.717, 1.165) is 22.1 Å². The Morgan fingerprint density at radius 2 is 1.74 bits per heavy atom. The summed E-state index contributed by atoms with van der Waals surface area (Å²) < 4.78 is 39.8. The van der Waals surface area contributed by atoms with Crippen molar-refractivity contribution >= 4 is 27.3 Å². The first-order valence-electron chi connectivity index (χ1n) is 7.17.